The molecule has 0 bridgehead atoms. The molecule has 0 N–H and O–H groups in total. The summed E-state index contributed by atoms with van der Waals surface area (Å²) in [6, 6.07) is 5.88. The molecule has 1 fully saturated rings. The van der Waals surface area contributed by atoms with Crippen LogP contribution in [0.1, 0.15) is 33.4 Å². The lowest BCUT2D eigenvalue weighted by Gasteiger charge is -2.36. The van der Waals surface area contributed by atoms with E-state index in [-0.39, 0.29) is 18.5 Å². The van der Waals surface area contributed by atoms with Gasteiger partial charge in [0.15, 0.2) is 0 Å². The normalized spacial score (nSPS) is 15.0. The minimum absolute atomic E-state index is 0.154. The van der Waals surface area contributed by atoms with E-state index in [1.54, 1.807) is 11.8 Å². The van der Waals surface area contributed by atoms with Gasteiger partial charge in [0.1, 0.15) is 17.1 Å². The Kier molecular flexibility index (Phi) is 5.76. The lowest BCUT2D eigenvalue weighted by molar-refractivity contribution is -0.142. The van der Waals surface area contributed by atoms with Gasteiger partial charge in [0.2, 0.25) is 0 Å². The van der Waals surface area contributed by atoms with Crippen LogP contribution in [0.3, 0.4) is 0 Å². The number of anilines is 1. The van der Waals surface area contributed by atoms with Gasteiger partial charge >= 0.3 is 12.1 Å². The fourth-order valence-corrected chi connectivity index (χ4v) is 3.19. The van der Waals surface area contributed by atoms with Crippen molar-refractivity contribution in [2.24, 2.45) is 0 Å². The maximum absolute atomic E-state index is 12.3. The third-order valence-electron chi connectivity index (χ3n) is 4.41. The zero-order valence-corrected chi connectivity index (χ0v) is 17.0. The third-order valence-corrected chi connectivity index (χ3v) is 4.41. The van der Waals surface area contributed by atoms with Crippen molar-refractivity contribution in [3.63, 3.8) is 0 Å². The van der Waals surface area contributed by atoms with Gasteiger partial charge in [-0.05, 0) is 39.8 Å². The summed E-state index contributed by atoms with van der Waals surface area (Å²) in [6.45, 7) is 10.3. The zero-order chi connectivity index (χ0) is 20.3. The largest absolute Gasteiger partial charge is 0.466 e. The molecule has 0 saturated carbocycles. The first-order valence-corrected chi connectivity index (χ1v) is 9.62. The van der Waals surface area contributed by atoms with E-state index >= 15 is 0 Å². The number of esters is 1. The highest BCUT2D eigenvalue weighted by Crippen LogP contribution is 2.21. The summed E-state index contributed by atoms with van der Waals surface area (Å²) >= 11 is 0. The van der Waals surface area contributed by atoms with E-state index in [2.05, 4.69) is 9.88 Å². The van der Waals surface area contributed by atoms with Gasteiger partial charge in [0.05, 0.1) is 18.7 Å². The molecule has 1 amide bonds. The van der Waals surface area contributed by atoms with Crippen LogP contribution in [0.5, 0.6) is 0 Å². The zero-order valence-electron chi connectivity index (χ0n) is 17.0. The first-order valence-electron chi connectivity index (χ1n) is 9.62. The quantitative estimate of drug-likeness (QED) is 0.749. The van der Waals surface area contributed by atoms with Gasteiger partial charge in [-0.25, -0.2) is 9.78 Å². The number of ether oxygens (including phenoxy) is 2. The van der Waals surface area contributed by atoms with E-state index in [0.717, 1.165) is 11.5 Å². The molecule has 152 valence electrons. The molecule has 8 nitrogen and oxygen atoms in total. The summed E-state index contributed by atoms with van der Waals surface area (Å²) in [5, 5.41) is 0. The average molecular weight is 388 g/mol. The molecule has 28 heavy (non-hydrogen) atoms. The summed E-state index contributed by atoms with van der Waals surface area (Å²) in [6.07, 6.45) is 1.76. The van der Waals surface area contributed by atoms with Crippen LogP contribution in [0.25, 0.3) is 5.65 Å². The van der Waals surface area contributed by atoms with E-state index < -0.39 is 5.60 Å². The number of hydrogen-bond donors (Lipinski definition) is 0. The first-order chi connectivity index (χ1) is 13.3. The molecule has 3 rings (SSSR count). The van der Waals surface area contributed by atoms with Gasteiger partial charge in [0.25, 0.3) is 0 Å². The van der Waals surface area contributed by atoms with Gasteiger partial charge in [-0.1, -0.05) is 6.07 Å². The van der Waals surface area contributed by atoms with E-state index in [1.165, 1.54) is 0 Å². The highest BCUT2D eigenvalue weighted by atomic mass is 16.6. The standard InChI is InChI=1S/C20H28N4O4/c1-5-27-18(25)13-15-14-24-16(21-15)7-6-8-17(24)22-9-11-23(12-10-22)19(26)28-20(2,3)4/h6-8,14H,5,9-13H2,1-4H3. The van der Waals surface area contributed by atoms with Gasteiger partial charge in [-0.15, -0.1) is 0 Å². The van der Waals surface area contributed by atoms with Crippen LogP contribution in [0.4, 0.5) is 10.6 Å². The second-order valence-electron chi connectivity index (χ2n) is 7.78. The van der Waals surface area contributed by atoms with Crippen LogP contribution in [0, 0.1) is 0 Å². The summed E-state index contributed by atoms with van der Waals surface area (Å²) < 4.78 is 12.5. The van der Waals surface area contributed by atoms with Gasteiger partial charge in [-0.2, -0.15) is 0 Å². The Morgan fingerprint density at radius 3 is 2.50 bits per heavy atom. The summed E-state index contributed by atoms with van der Waals surface area (Å²) in [4.78, 5) is 32.5. The summed E-state index contributed by atoms with van der Waals surface area (Å²) in [5.74, 6) is 0.711. The lowest BCUT2D eigenvalue weighted by atomic mass is 10.2. The van der Waals surface area contributed by atoms with E-state index in [1.807, 2.05) is 49.6 Å². The van der Waals surface area contributed by atoms with Crippen molar-refractivity contribution >= 4 is 23.5 Å². The highest BCUT2D eigenvalue weighted by Gasteiger charge is 2.26. The molecule has 3 heterocycles. The Morgan fingerprint density at radius 1 is 1.14 bits per heavy atom. The Balaban J connectivity index is 1.70. The van der Waals surface area contributed by atoms with Crippen LogP contribution in [-0.4, -0.2) is 64.7 Å². The van der Waals surface area contributed by atoms with Crippen molar-refractivity contribution in [3.8, 4) is 0 Å². The second kappa shape index (κ2) is 8.08. The number of rotatable bonds is 4. The van der Waals surface area contributed by atoms with Gasteiger partial charge in [-0.3, -0.25) is 9.20 Å². The maximum atomic E-state index is 12.3. The average Bonchev–Trinajstić information content (AvgIpc) is 3.02. The molecular weight excluding hydrogens is 360 g/mol. The number of hydrogen-bond acceptors (Lipinski definition) is 6. The number of carbonyl (C=O) groups excluding carboxylic acids is 2. The smallest absolute Gasteiger partial charge is 0.410 e. The molecule has 0 spiro atoms. The number of pyridine rings is 1. The Labute approximate surface area is 165 Å². The van der Waals surface area contributed by atoms with Crippen LogP contribution >= 0.6 is 0 Å². The number of amides is 1. The number of carbonyl (C=O) groups is 2. The first kappa shape index (κ1) is 20.0. The SMILES string of the molecule is CCOC(=O)Cc1cn2c(N3CCN(C(=O)OC(C)(C)C)CC3)cccc2n1. The summed E-state index contributed by atoms with van der Waals surface area (Å²) in [7, 11) is 0. The fraction of sp³-hybridized carbons (Fsp3) is 0.550. The third kappa shape index (κ3) is 4.74. The van der Waals surface area contributed by atoms with E-state index in [4.69, 9.17) is 9.47 Å². The number of piperazine rings is 1. The molecule has 1 aliphatic rings. The van der Waals surface area contributed by atoms with E-state index in [0.29, 0.717) is 38.5 Å². The molecule has 0 radical (unpaired) electrons. The van der Waals surface area contributed by atoms with Crippen LogP contribution in [0.15, 0.2) is 24.4 Å². The molecule has 0 unspecified atom stereocenters. The van der Waals surface area contributed by atoms with Gasteiger partial charge in [0, 0.05) is 32.4 Å². The molecule has 1 saturated heterocycles. The molecule has 2 aromatic heterocycles. The molecular formula is C20H28N4O4. The van der Waals surface area contributed by atoms with Gasteiger partial charge < -0.3 is 19.3 Å². The molecule has 2 aromatic rings. The Bertz CT molecular complexity index is 847. The highest BCUT2D eigenvalue weighted by molar-refractivity contribution is 5.72. The van der Waals surface area contributed by atoms with Crippen LogP contribution in [0.2, 0.25) is 0 Å². The predicted molar refractivity (Wildman–Crippen MR) is 106 cm³/mol. The monoisotopic (exact) mass is 388 g/mol. The molecule has 8 heteroatoms. The molecule has 0 atom stereocenters. The number of nitrogens with zero attached hydrogens (tertiary/aromatic N) is 4. The Hall–Kier alpha value is -2.77. The number of imidazole rings is 1. The van der Waals surface area contributed by atoms with Crippen molar-refractivity contribution in [1.82, 2.24) is 14.3 Å². The molecule has 0 aliphatic carbocycles. The van der Waals surface area contributed by atoms with Crippen molar-refractivity contribution < 1.29 is 19.1 Å². The second-order valence-corrected chi connectivity index (χ2v) is 7.78. The number of aromatic nitrogens is 2. The minimum Gasteiger partial charge on any atom is -0.466 e. The number of fused-ring (bicyclic) bond motifs is 1. The van der Waals surface area contributed by atoms with E-state index in [9.17, 15) is 9.59 Å². The Morgan fingerprint density at radius 2 is 1.86 bits per heavy atom. The minimum atomic E-state index is -0.494. The van der Waals surface area contributed by atoms with Crippen LogP contribution < -0.4 is 4.90 Å². The van der Waals surface area contributed by atoms with Crippen molar-refractivity contribution in [2.75, 3.05) is 37.7 Å². The lowest BCUT2D eigenvalue weighted by Crippen LogP contribution is -2.50. The maximum Gasteiger partial charge on any atom is 0.410 e. The fourth-order valence-electron chi connectivity index (χ4n) is 3.19. The van der Waals surface area contributed by atoms with Crippen molar-refractivity contribution in [2.45, 2.75) is 39.7 Å². The topological polar surface area (TPSA) is 76.4 Å². The molecule has 0 aromatic carbocycles. The molecule has 1 aliphatic heterocycles. The predicted octanol–water partition coefficient (Wildman–Crippen LogP) is 2.50. The summed E-state index contributed by atoms with van der Waals surface area (Å²) in [5.41, 5.74) is 0.969. The van der Waals surface area contributed by atoms with Crippen molar-refractivity contribution in [1.29, 1.82) is 0 Å². The van der Waals surface area contributed by atoms with Crippen LogP contribution in [-0.2, 0) is 20.7 Å². The van der Waals surface area contributed by atoms with Crippen molar-refractivity contribution in [3.05, 3.63) is 30.1 Å².